The molecule has 2 rings (SSSR count). The summed E-state index contributed by atoms with van der Waals surface area (Å²) in [7, 11) is 0. The normalized spacial score (nSPS) is 11.7. The highest BCUT2D eigenvalue weighted by Gasteiger charge is 2.30. The van der Waals surface area contributed by atoms with E-state index in [2.05, 4.69) is 17.1 Å². The largest absolute Gasteiger partial charge is 0.416 e. The summed E-state index contributed by atoms with van der Waals surface area (Å²) < 4.78 is 39.0. The second kappa shape index (κ2) is 16.4. The highest BCUT2D eigenvalue weighted by Crippen LogP contribution is 2.29. The molecule has 0 spiro atoms. The Morgan fingerprint density at radius 2 is 1.36 bits per heavy atom. The predicted molar refractivity (Wildman–Crippen MR) is 142 cm³/mol. The highest BCUT2D eigenvalue weighted by molar-refractivity contribution is 5.94. The maximum Gasteiger partial charge on any atom is 0.416 e. The summed E-state index contributed by atoms with van der Waals surface area (Å²) in [6, 6.07) is 13.0. The van der Waals surface area contributed by atoms with E-state index in [1.807, 2.05) is 31.2 Å². The van der Waals surface area contributed by atoms with Gasteiger partial charge in [-0.3, -0.25) is 9.69 Å². The minimum Gasteiger partial charge on any atom is -0.352 e. The van der Waals surface area contributed by atoms with Crippen LogP contribution < -0.4 is 5.32 Å². The Hall–Kier alpha value is -2.34. The van der Waals surface area contributed by atoms with Crippen LogP contribution in [0.5, 0.6) is 0 Å². The van der Waals surface area contributed by atoms with Gasteiger partial charge in [0.25, 0.3) is 5.91 Å². The fourth-order valence-electron chi connectivity index (χ4n) is 4.32. The fraction of sp³-hybridized carbons (Fsp3) is 0.567. The molecular formula is C30H43F3N2O. The molecule has 200 valence electrons. The summed E-state index contributed by atoms with van der Waals surface area (Å²) in [6.07, 6.45) is 8.34. The molecule has 2 aromatic carbocycles. The molecule has 0 saturated carbocycles. The smallest absolute Gasteiger partial charge is 0.352 e. The van der Waals surface area contributed by atoms with Crippen molar-refractivity contribution in [2.45, 2.75) is 97.3 Å². The molecule has 0 unspecified atom stereocenters. The number of hydrogen-bond donors (Lipinski definition) is 1. The van der Waals surface area contributed by atoms with Crippen molar-refractivity contribution in [2.75, 3.05) is 13.1 Å². The van der Waals surface area contributed by atoms with E-state index >= 15 is 0 Å². The Bertz CT molecular complexity index is 881. The monoisotopic (exact) mass is 504 g/mol. The molecule has 3 nitrogen and oxygen atoms in total. The van der Waals surface area contributed by atoms with Crippen LogP contribution in [0.2, 0.25) is 0 Å². The molecule has 1 amide bonds. The van der Waals surface area contributed by atoms with Gasteiger partial charge in [0.1, 0.15) is 0 Å². The third-order valence-corrected chi connectivity index (χ3v) is 6.55. The van der Waals surface area contributed by atoms with Gasteiger partial charge in [-0.05, 0) is 42.3 Å². The maximum atomic E-state index is 13.0. The Kier molecular flexibility index (Phi) is 13.6. The number of amides is 1. The molecule has 0 atom stereocenters. The number of carbonyl (C=O) groups is 1. The van der Waals surface area contributed by atoms with E-state index < -0.39 is 11.7 Å². The van der Waals surface area contributed by atoms with Crippen LogP contribution in [0.1, 0.15) is 105 Å². The lowest BCUT2D eigenvalue weighted by molar-refractivity contribution is -0.137. The highest BCUT2D eigenvalue weighted by atomic mass is 19.4. The van der Waals surface area contributed by atoms with Crippen LogP contribution in [0.4, 0.5) is 13.2 Å². The summed E-state index contributed by atoms with van der Waals surface area (Å²) in [6.45, 7) is 6.66. The number of unbranched alkanes of at least 4 members (excludes halogenated alkanes) is 9. The first kappa shape index (κ1) is 29.9. The van der Waals surface area contributed by atoms with Gasteiger partial charge < -0.3 is 5.32 Å². The number of alkyl halides is 3. The quantitative estimate of drug-likeness (QED) is 0.219. The first-order valence-electron chi connectivity index (χ1n) is 13.6. The molecule has 6 heteroatoms. The van der Waals surface area contributed by atoms with Gasteiger partial charge in [0, 0.05) is 25.2 Å². The van der Waals surface area contributed by atoms with Crippen molar-refractivity contribution in [2.24, 2.45) is 0 Å². The third-order valence-electron chi connectivity index (χ3n) is 6.55. The zero-order valence-corrected chi connectivity index (χ0v) is 22.0. The van der Waals surface area contributed by atoms with Gasteiger partial charge in [0.15, 0.2) is 0 Å². The summed E-state index contributed by atoms with van der Waals surface area (Å²) >= 11 is 0. The predicted octanol–water partition coefficient (Wildman–Crippen LogP) is 8.38. The average molecular weight is 505 g/mol. The van der Waals surface area contributed by atoms with E-state index in [1.54, 1.807) is 6.07 Å². The fourth-order valence-corrected chi connectivity index (χ4v) is 4.32. The lowest BCUT2D eigenvalue weighted by atomic mass is 10.1. The molecule has 0 radical (unpaired) electrons. The number of benzene rings is 2. The van der Waals surface area contributed by atoms with Gasteiger partial charge in [-0.25, -0.2) is 0 Å². The number of rotatable bonds is 17. The van der Waals surface area contributed by atoms with Gasteiger partial charge in [-0.2, -0.15) is 13.2 Å². The number of nitrogens with zero attached hydrogens (tertiary/aromatic N) is 1. The molecule has 0 aliphatic heterocycles. The van der Waals surface area contributed by atoms with Crippen LogP contribution >= 0.6 is 0 Å². The minimum atomic E-state index is -4.34. The number of carbonyl (C=O) groups excluding carboxylic acids is 1. The summed E-state index contributed by atoms with van der Waals surface area (Å²) in [5, 5.41) is 3.00. The van der Waals surface area contributed by atoms with E-state index in [1.165, 1.54) is 63.5 Å². The lowest BCUT2D eigenvalue weighted by Gasteiger charge is -2.21. The molecular weight excluding hydrogens is 461 g/mol. The molecule has 0 aliphatic rings. The zero-order chi connectivity index (χ0) is 26.2. The molecule has 0 bridgehead atoms. The van der Waals surface area contributed by atoms with Crippen molar-refractivity contribution in [3.63, 3.8) is 0 Å². The zero-order valence-electron chi connectivity index (χ0n) is 22.0. The van der Waals surface area contributed by atoms with E-state index in [4.69, 9.17) is 0 Å². The lowest BCUT2D eigenvalue weighted by Crippen LogP contribution is -2.25. The molecule has 0 aliphatic carbocycles. The molecule has 0 saturated heterocycles. The number of hydrogen-bond acceptors (Lipinski definition) is 2. The molecule has 2 aromatic rings. The van der Waals surface area contributed by atoms with Crippen LogP contribution in [-0.4, -0.2) is 23.9 Å². The molecule has 0 fully saturated rings. The Labute approximate surface area is 215 Å². The van der Waals surface area contributed by atoms with Crippen molar-refractivity contribution in [1.82, 2.24) is 10.2 Å². The topological polar surface area (TPSA) is 32.3 Å². The van der Waals surface area contributed by atoms with Gasteiger partial charge in [0.2, 0.25) is 0 Å². The standard InChI is InChI=1S/C30H43F3N2O/c1-3-5-6-7-8-9-10-11-12-13-21-34-29(36)27-19-17-25(18-20-27)23-35(4-2)24-26-15-14-16-28(22-26)30(31,32)33/h14-20,22H,3-13,21,23-24H2,1-2H3,(H,34,36). The van der Waals surface area contributed by atoms with Crippen molar-refractivity contribution in [1.29, 1.82) is 0 Å². The van der Waals surface area contributed by atoms with E-state index in [0.717, 1.165) is 24.5 Å². The molecule has 0 heterocycles. The van der Waals surface area contributed by atoms with Crippen LogP contribution in [0.25, 0.3) is 0 Å². The minimum absolute atomic E-state index is 0.0613. The van der Waals surface area contributed by atoms with E-state index in [9.17, 15) is 18.0 Å². The van der Waals surface area contributed by atoms with Crippen LogP contribution in [0, 0.1) is 0 Å². The second-order valence-electron chi connectivity index (χ2n) is 9.64. The van der Waals surface area contributed by atoms with Gasteiger partial charge in [0.05, 0.1) is 5.56 Å². The second-order valence-corrected chi connectivity index (χ2v) is 9.64. The molecule has 0 aromatic heterocycles. The molecule has 36 heavy (non-hydrogen) atoms. The van der Waals surface area contributed by atoms with Gasteiger partial charge >= 0.3 is 6.18 Å². The van der Waals surface area contributed by atoms with E-state index in [-0.39, 0.29) is 5.91 Å². The third kappa shape index (κ3) is 11.6. The number of halogens is 3. The summed E-state index contributed by atoms with van der Waals surface area (Å²) in [5.74, 6) is -0.0613. The van der Waals surface area contributed by atoms with Crippen molar-refractivity contribution in [3.05, 3.63) is 70.8 Å². The van der Waals surface area contributed by atoms with Crippen LogP contribution in [0.15, 0.2) is 48.5 Å². The van der Waals surface area contributed by atoms with Crippen molar-refractivity contribution in [3.8, 4) is 0 Å². The van der Waals surface area contributed by atoms with Gasteiger partial charge in [-0.1, -0.05) is 102 Å². The van der Waals surface area contributed by atoms with Gasteiger partial charge in [-0.15, -0.1) is 0 Å². The first-order chi connectivity index (χ1) is 17.3. The number of nitrogens with one attached hydrogen (secondary N) is 1. The SMILES string of the molecule is CCCCCCCCCCCCNC(=O)c1ccc(CN(CC)Cc2cccc(C(F)(F)F)c2)cc1. The average Bonchev–Trinajstić information content (AvgIpc) is 2.87. The first-order valence-corrected chi connectivity index (χ1v) is 13.6. The summed E-state index contributed by atoms with van der Waals surface area (Å²) in [5.41, 5.74) is 1.67. The Morgan fingerprint density at radius 1 is 0.778 bits per heavy atom. The maximum absolute atomic E-state index is 13.0. The Morgan fingerprint density at radius 3 is 1.94 bits per heavy atom. The van der Waals surface area contributed by atoms with E-state index in [0.29, 0.717) is 37.3 Å². The summed E-state index contributed by atoms with van der Waals surface area (Å²) in [4.78, 5) is 14.5. The van der Waals surface area contributed by atoms with Crippen molar-refractivity contribution >= 4 is 5.91 Å². The van der Waals surface area contributed by atoms with Crippen molar-refractivity contribution < 1.29 is 18.0 Å². The Balaban J connectivity index is 1.69. The van der Waals surface area contributed by atoms with Crippen LogP contribution in [0.3, 0.4) is 0 Å². The van der Waals surface area contributed by atoms with Crippen LogP contribution in [-0.2, 0) is 19.3 Å². The molecule has 1 N–H and O–H groups in total.